The van der Waals surface area contributed by atoms with E-state index in [1.165, 1.54) is 11.4 Å². The lowest BCUT2D eigenvalue weighted by Crippen LogP contribution is -2.45. The van der Waals surface area contributed by atoms with Crippen molar-refractivity contribution in [3.8, 4) is 0 Å². The van der Waals surface area contributed by atoms with Crippen molar-refractivity contribution in [3.05, 3.63) is 0 Å². The molecule has 17 heavy (non-hydrogen) atoms. The summed E-state index contributed by atoms with van der Waals surface area (Å²) in [5.41, 5.74) is 0. The normalized spacial score (nSPS) is 12.9. The average Bonchev–Trinajstić information content (AvgIpc) is 2.25. The van der Waals surface area contributed by atoms with Gasteiger partial charge in [-0.15, -0.1) is 0 Å². The molecule has 0 unspecified atom stereocenters. The van der Waals surface area contributed by atoms with Crippen LogP contribution in [0, 0.1) is 0 Å². The molecule has 0 saturated heterocycles. The van der Waals surface area contributed by atoms with Gasteiger partial charge in [0.15, 0.2) is 6.29 Å². The van der Waals surface area contributed by atoms with E-state index in [9.17, 15) is 8.42 Å². The van der Waals surface area contributed by atoms with Gasteiger partial charge in [0.2, 0.25) is 0 Å². The van der Waals surface area contributed by atoms with Crippen molar-refractivity contribution < 1.29 is 17.9 Å². The Bertz CT molecular complexity index is 287. The van der Waals surface area contributed by atoms with Crippen LogP contribution in [-0.4, -0.2) is 51.9 Å². The summed E-state index contributed by atoms with van der Waals surface area (Å²) in [5, 5.41) is 0. The maximum Gasteiger partial charge on any atom is 0.279 e. The molecular formula is C10H24N2O4S. The molecular weight excluding hydrogens is 244 g/mol. The van der Waals surface area contributed by atoms with Crippen LogP contribution in [0.25, 0.3) is 0 Å². The van der Waals surface area contributed by atoms with Gasteiger partial charge in [0.25, 0.3) is 10.2 Å². The van der Waals surface area contributed by atoms with E-state index in [0.717, 1.165) is 0 Å². The molecule has 0 amide bonds. The monoisotopic (exact) mass is 268 g/mol. The highest BCUT2D eigenvalue weighted by Gasteiger charge is 2.21. The molecule has 6 nitrogen and oxygen atoms in total. The van der Waals surface area contributed by atoms with Gasteiger partial charge in [0.1, 0.15) is 0 Å². The fourth-order valence-corrected chi connectivity index (χ4v) is 2.20. The molecule has 0 fully saturated rings. The summed E-state index contributed by atoms with van der Waals surface area (Å²) in [4.78, 5) is 0. The quantitative estimate of drug-likeness (QED) is 0.620. The Hall–Kier alpha value is -0.210. The maximum absolute atomic E-state index is 11.8. The molecule has 0 aliphatic rings. The molecule has 104 valence electrons. The standard InChI is InChI=1S/C10H24N2O4S/c1-6-15-10(16-7-2)8-11-17(13,14)12(5)9(3)4/h9-11H,6-8H2,1-5H3. The van der Waals surface area contributed by atoms with Crippen LogP contribution in [0.3, 0.4) is 0 Å². The summed E-state index contributed by atoms with van der Waals surface area (Å²) >= 11 is 0. The predicted molar refractivity (Wildman–Crippen MR) is 66.9 cm³/mol. The van der Waals surface area contributed by atoms with Gasteiger partial charge in [-0.2, -0.15) is 17.4 Å². The second-order valence-corrected chi connectivity index (χ2v) is 5.62. The Labute approximate surface area is 104 Å². The van der Waals surface area contributed by atoms with Crippen molar-refractivity contribution in [3.63, 3.8) is 0 Å². The molecule has 0 heterocycles. The van der Waals surface area contributed by atoms with Crippen LogP contribution in [-0.2, 0) is 19.7 Å². The maximum atomic E-state index is 11.8. The first-order valence-corrected chi connectivity index (χ1v) is 7.24. The second-order valence-electron chi connectivity index (χ2n) is 3.80. The van der Waals surface area contributed by atoms with Crippen LogP contribution in [0.5, 0.6) is 0 Å². The van der Waals surface area contributed by atoms with E-state index < -0.39 is 16.5 Å². The number of hydrogen-bond acceptors (Lipinski definition) is 4. The van der Waals surface area contributed by atoms with E-state index in [2.05, 4.69) is 4.72 Å². The Morgan fingerprint density at radius 1 is 1.18 bits per heavy atom. The smallest absolute Gasteiger partial charge is 0.279 e. The first-order chi connectivity index (χ1) is 7.85. The fraction of sp³-hybridized carbons (Fsp3) is 1.00. The highest BCUT2D eigenvalue weighted by atomic mass is 32.2. The average molecular weight is 268 g/mol. The lowest BCUT2D eigenvalue weighted by Gasteiger charge is -2.23. The molecule has 0 radical (unpaired) electrons. The Balaban J connectivity index is 4.32. The van der Waals surface area contributed by atoms with Crippen molar-refractivity contribution in [1.82, 2.24) is 9.03 Å². The number of ether oxygens (including phenoxy) is 2. The molecule has 0 atom stereocenters. The Kier molecular flexibility index (Phi) is 7.89. The first kappa shape index (κ1) is 16.8. The van der Waals surface area contributed by atoms with Gasteiger partial charge in [-0.05, 0) is 27.7 Å². The third-order valence-electron chi connectivity index (χ3n) is 2.24. The number of nitrogens with one attached hydrogen (secondary N) is 1. The number of nitrogens with zero attached hydrogens (tertiary/aromatic N) is 1. The third kappa shape index (κ3) is 6.32. The van der Waals surface area contributed by atoms with Crippen LogP contribution in [0.1, 0.15) is 27.7 Å². The number of hydrogen-bond donors (Lipinski definition) is 1. The summed E-state index contributed by atoms with van der Waals surface area (Å²) < 4.78 is 37.8. The number of rotatable bonds is 9. The van der Waals surface area contributed by atoms with E-state index in [4.69, 9.17) is 9.47 Å². The highest BCUT2D eigenvalue weighted by Crippen LogP contribution is 2.02. The molecule has 0 aliphatic heterocycles. The summed E-state index contributed by atoms with van der Waals surface area (Å²) in [6.07, 6.45) is -0.541. The molecule has 0 aromatic carbocycles. The van der Waals surface area contributed by atoms with Crippen molar-refractivity contribution in [2.24, 2.45) is 0 Å². The zero-order valence-electron chi connectivity index (χ0n) is 11.3. The van der Waals surface area contributed by atoms with Gasteiger partial charge >= 0.3 is 0 Å². The molecule has 0 rings (SSSR count). The summed E-state index contributed by atoms with van der Waals surface area (Å²) in [6, 6.07) is -0.0925. The van der Waals surface area contributed by atoms with Gasteiger partial charge in [0.05, 0.1) is 6.54 Å². The molecule has 0 aliphatic carbocycles. The van der Waals surface area contributed by atoms with E-state index in [1.807, 2.05) is 27.7 Å². The summed E-state index contributed by atoms with van der Waals surface area (Å²) in [6.45, 7) is 8.35. The zero-order chi connectivity index (χ0) is 13.5. The molecule has 0 spiro atoms. The fourth-order valence-electron chi connectivity index (χ4n) is 1.09. The van der Waals surface area contributed by atoms with Crippen molar-refractivity contribution in [1.29, 1.82) is 0 Å². The largest absolute Gasteiger partial charge is 0.352 e. The summed E-state index contributed by atoms with van der Waals surface area (Å²) in [7, 11) is -1.94. The van der Waals surface area contributed by atoms with Gasteiger partial charge in [-0.25, -0.2) is 0 Å². The SMILES string of the molecule is CCOC(CNS(=O)(=O)N(C)C(C)C)OCC. The molecule has 0 aromatic heterocycles. The topological polar surface area (TPSA) is 67.9 Å². The molecule has 1 N–H and O–H groups in total. The van der Waals surface area contributed by atoms with Crippen LogP contribution in [0.2, 0.25) is 0 Å². The molecule has 0 bridgehead atoms. The lowest BCUT2D eigenvalue weighted by atomic mass is 10.4. The first-order valence-electron chi connectivity index (χ1n) is 5.80. The van der Waals surface area contributed by atoms with Crippen molar-refractivity contribution in [2.75, 3.05) is 26.8 Å². The van der Waals surface area contributed by atoms with E-state index in [-0.39, 0.29) is 12.6 Å². The second kappa shape index (κ2) is 7.99. The minimum absolute atomic E-state index is 0.0925. The van der Waals surface area contributed by atoms with Crippen LogP contribution in [0.15, 0.2) is 0 Å². The van der Waals surface area contributed by atoms with Crippen LogP contribution < -0.4 is 4.72 Å². The van der Waals surface area contributed by atoms with Crippen molar-refractivity contribution >= 4 is 10.2 Å². The minimum Gasteiger partial charge on any atom is -0.352 e. The zero-order valence-corrected chi connectivity index (χ0v) is 12.1. The van der Waals surface area contributed by atoms with E-state index >= 15 is 0 Å². The van der Waals surface area contributed by atoms with E-state index in [1.54, 1.807) is 0 Å². The Morgan fingerprint density at radius 3 is 2.00 bits per heavy atom. The van der Waals surface area contributed by atoms with Gasteiger partial charge in [-0.3, -0.25) is 0 Å². The predicted octanol–water partition coefficient (Wildman–Crippen LogP) is 0.560. The molecule has 0 aromatic rings. The third-order valence-corrected chi connectivity index (χ3v) is 3.96. The highest BCUT2D eigenvalue weighted by molar-refractivity contribution is 7.87. The Morgan fingerprint density at radius 2 is 1.65 bits per heavy atom. The minimum atomic E-state index is -3.47. The summed E-state index contributed by atoms with van der Waals surface area (Å²) in [5.74, 6) is 0. The lowest BCUT2D eigenvalue weighted by molar-refractivity contribution is -0.130. The van der Waals surface area contributed by atoms with Gasteiger partial charge < -0.3 is 9.47 Å². The van der Waals surface area contributed by atoms with E-state index in [0.29, 0.717) is 13.2 Å². The van der Waals surface area contributed by atoms with Gasteiger partial charge in [-0.1, -0.05) is 0 Å². The van der Waals surface area contributed by atoms with Crippen LogP contribution in [0.4, 0.5) is 0 Å². The van der Waals surface area contributed by atoms with Crippen molar-refractivity contribution in [2.45, 2.75) is 40.0 Å². The van der Waals surface area contributed by atoms with Crippen LogP contribution >= 0.6 is 0 Å². The van der Waals surface area contributed by atoms with Gasteiger partial charge in [0, 0.05) is 26.3 Å². The molecule has 0 saturated carbocycles. The molecule has 7 heteroatoms.